The molecule has 8 nitrogen and oxygen atoms in total. The van der Waals surface area contributed by atoms with Crippen LogP contribution in [0.4, 0.5) is 0 Å². The average molecular weight is 372 g/mol. The summed E-state index contributed by atoms with van der Waals surface area (Å²) < 4.78 is 35.7. The minimum Gasteiger partial charge on any atom is -0.467 e. The SMILES string of the molecule is CC(NC(=O)COC(=O)CNS(=O)(=O)c1cccs1)c1ccco1. The van der Waals surface area contributed by atoms with E-state index in [-0.39, 0.29) is 10.3 Å². The Morgan fingerprint density at radius 3 is 2.75 bits per heavy atom. The standard InChI is InChI=1S/C14H16N2O6S2/c1-10(11-4-2-6-21-11)16-12(17)9-22-13(18)8-15-24(19,20)14-5-3-7-23-14/h2-7,10,15H,8-9H2,1H3,(H,16,17). The lowest BCUT2D eigenvalue weighted by Gasteiger charge is -2.11. The molecule has 0 aliphatic carbocycles. The maximum atomic E-state index is 11.8. The molecule has 2 rings (SSSR count). The zero-order valence-corrected chi connectivity index (χ0v) is 14.4. The molecule has 1 unspecified atom stereocenters. The van der Waals surface area contributed by atoms with Gasteiger partial charge in [-0.3, -0.25) is 9.59 Å². The van der Waals surface area contributed by atoms with Crippen LogP contribution in [0.1, 0.15) is 18.7 Å². The summed E-state index contributed by atoms with van der Waals surface area (Å²) in [5, 5.41) is 4.19. The van der Waals surface area contributed by atoms with Crippen LogP contribution in [0.2, 0.25) is 0 Å². The van der Waals surface area contributed by atoms with Gasteiger partial charge in [0.05, 0.1) is 12.3 Å². The molecule has 0 aromatic carbocycles. The molecule has 10 heteroatoms. The van der Waals surface area contributed by atoms with Crippen LogP contribution >= 0.6 is 11.3 Å². The molecule has 0 radical (unpaired) electrons. The lowest BCUT2D eigenvalue weighted by atomic mass is 10.2. The van der Waals surface area contributed by atoms with Gasteiger partial charge in [0, 0.05) is 0 Å². The van der Waals surface area contributed by atoms with Gasteiger partial charge in [-0.1, -0.05) is 6.07 Å². The third kappa shape index (κ3) is 5.18. The third-order valence-corrected chi connectivity index (χ3v) is 5.68. The minimum atomic E-state index is -3.74. The summed E-state index contributed by atoms with van der Waals surface area (Å²) in [4.78, 5) is 23.2. The maximum Gasteiger partial charge on any atom is 0.321 e. The second-order valence-corrected chi connectivity index (χ2v) is 7.66. The molecule has 2 aromatic rings. The van der Waals surface area contributed by atoms with E-state index in [0.717, 1.165) is 11.3 Å². The molecule has 2 N–H and O–H groups in total. The fourth-order valence-electron chi connectivity index (χ4n) is 1.73. The second-order valence-electron chi connectivity index (χ2n) is 4.72. The van der Waals surface area contributed by atoms with Gasteiger partial charge in [0.15, 0.2) is 6.61 Å². The average Bonchev–Trinajstić information content (AvgIpc) is 3.23. The molecular formula is C14H16N2O6S2. The number of furan rings is 1. The van der Waals surface area contributed by atoms with E-state index in [1.54, 1.807) is 30.5 Å². The van der Waals surface area contributed by atoms with Crippen molar-refractivity contribution in [2.75, 3.05) is 13.2 Å². The van der Waals surface area contributed by atoms with Crippen LogP contribution in [0.3, 0.4) is 0 Å². The number of hydrogen-bond donors (Lipinski definition) is 2. The molecular weight excluding hydrogens is 356 g/mol. The van der Waals surface area contributed by atoms with Gasteiger partial charge in [-0.2, -0.15) is 4.72 Å². The molecule has 2 heterocycles. The largest absolute Gasteiger partial charge is 0.467 e. The Bertz CT molecular complexity index is 768. The number of amides is 1. The monoisotopic (exact) mass is 372 g/mol. The van der Waals surface area contributed by atoms with Gasteiger partial charge in [-0.05, 0) is 30.5 Å². The molecule has 2 aromatic heterocycles. The fraction of sp³-hybridized carbons (Fsp3) is 0.286. The number of ether oxygens (including phenoxy) is 1. The van der Waals surface area contributed by atoms with Crippen molar-refractivity contribution in [2.45, 2.75) is 17.2 Å². The third-order valence-electron chi connectivity index (χ3n) is 2.88. The summed E-state index contributed by atoms with van der Waals surface area (Å²) in [5.74, 6) is -0.803. The van der Waals surface area contributed by atoms with Crippen LogP contribution in [0.15, 0.2) is 44.5 Å². The van der Waals surface area contributed by atoms with Gasteiger partial charge in [0.2, 0.25) is 0 Å². The Morgan fingerprint density at radius 2 is 2.12 bits per heavy atom. The molecule has 0 saturated heterocycles. The number of esters is 1. The van der Waals surface area contributed by atoms with Crippen molar-refractivity contribution in [3.05, 3.63) is 41.7 Å². The van der Waals surface area contributed by atoms with Crippen LogP contribution in [0.25, 0.3) is 0 Å². The molecule has 1 atom stereocenters. The first-order valence-electron chi connectivity index (χ1n) is 6.90. The highest BCUT2D eigenvalue weighted by Crippen LogP contribution is 2.15. The van der Waals surface area contributed by atoms with Crippen molar-refractivity contribution >= 4 is 33.2 Å². The second kappa shape index (κ2) is 8.08. The van der Waals surface area contributed by atoms with E-state index >= 15 is 0 Å². The zero-order valence-electron chi connectivity index (χ0n) is 12.7. The summed E-state index contributed by atoms with van der Waals surface area (Å²) in [5.41, 5.74) is 0. The van der Waals surface area contributed by atoms with Crippen molar-refractivity contribution in [3.63, 3.8) is 0 Å². The van der Waals surface area contributed by atoms with Crippen molar-refractivity contribution in [3.8, 4) is 0 Å². The van der Waals surface area contributed by atoms with Crippen LogP contribution in [-0.4, -0.2) is 33.4 Å². The number of hydrogen-bond acceptors (Lipinski definition) is 7. The summed E-state index contributed by atoms with van der Waals surface area (Å²) in [6.07, 6.45) is 1.48. The molecule has 0 fully saturated rings. The Labute approximate surface area is 142 Å². The number of carbonyl (C=O) groups excluding carboxylic acids is 2. The Morgan fingerprint density at radius 1 is 1.33 bits per heavy atom. The topological polar surface area (TPSA) is 115 Å². The van der Waals surface area contributed by atoms with Gasteiger partial charge in [-0.25, -0.2) is 8.42 Å². The summed E-state index contributed by atoms with van der Waals surface area (Å²) in [6, 6.07) is 6.03. The van der Waals surface area contributed by atoms with Crippen LogP contribution in [-0.2, 0) is 24.3 Å². The lowest BCUT2D eigenvalue weighted by molar-refractivity contribution is -0.147. The molecule has 1 amide bonds. The first-order chi connectivity index (χ1) is 11.4. The number of rotatable bonds is 8. The smallest absolute Gasteiger partial charge is 0.321 e. The first-order valence-corrected chi connectivity index (χ1v) is 9.26. The Balaban J connectivity index is 1.72. The van der Waals surface area contributed by atoms with Gasteiger partial charge in [0.25, 0.3) is 15.9 Å². The van der Waals surface area contributed by atoms with E-state index in [1.165, 1.54) is 12.3 Å². The molecule has 0 aliphatic heterocycles. The predicted octanol–water partition coefficient (Wildman–Crippen LogP) is 1.04. The van der Waals surface area contributed by atoms with Gasteiger partial charge >= 0.3 is 5.97 Å². The molecule has 0 aliphatic rings. The van der Waals surface area contributed by atoms with E-state index < -0.39 is 35.1 Å². The van der Waals surface area contributed by atoms with Crippen molar-refractivity contribution in [2.24, 2.45) is 0 Å². The fourth-order valence-corrected chi connectivity index (χ4v) is 3.74. The number of sulfonamides is 1. The Kier molecular flexibility index (Phi) is 6.12. The zero-order chi connectivity index (χ0) is 17.6. The number of nitrogens with one attached hydrogen (secondary N) is 2. The van der Waals surface area contributed by atoms with Crippen molar-refractivity contribution < 1.29 is 27.2 Å². The predicted molar refractivity (Wildman–Crippen MR) is 85.7 cm³/mol. The van der Waals surface area contributed by atoms with Gasteiger partial charge < -0.3 is 14.5 Å². The Hall–Kier alpha value is -2.17. The quantitative estimate of drug-likeness (QED) is 0.669. The van der Waals surface area contributed by atoms with Crippen molar-refractivity contribution in [1.82, 2.24) is 10.0 Å². The van der Waals surface area contributed by atoms with Crippen LogP contribution in [0, 0.1) is 0 Å². The van der Waals surface area contributed by atoms with E-state index in [4.69, 9.17) is 9.15 Å². The number of carbonyl (C=O) groups is 2. The highest BCUT2D eigenvalue weighted by atomic mass is 32.2. The first kappa shape index (κ1) is 18.2. The highest BCUT2D eigenvalue weighted by molar-refractivity contribution is 7.91. The van der Waals surface area contributed by atoms with E-state index in [2.05, 4.69) is 10.0 Å². The van der Waals surface area contributed by atoms with E-state index in [1.807, 2.05) is 0 Å². The molecule has 0 spiro atoms. The van der Waals surface area contributed by atoms with E-state index in [0.29, 0.717) is 5.76 Å². The van der Waals surface area contributed by atoms with Crippen molar-refractivity contribution in [1.29, 1.82) is 0 Å². The van der Waals surface area contributed by atoms with Gasteiger partial charge in [0.1, 0.15) is 16.5 Å². The minimum absolute atomic E-state index is 0.0975. The lowest BCUT2D eigenvalue weighted by Crippen LogP contribution is -2.34. The molecule has 130 valence electrons. The van der Waals surface area contributed by atoms with E-state index in [9.17, 15) is 18.0 Å². The normalized spacial score (nSPS) is 12.5. The summed E-state index contributed by atoms with van der Waals surface area (Å²) in [6.45, 7) is 0.652. The molecule has 24 heavy (non-hydrogen) atoms. The van der Waals surface area contributed by atoms with Crippen LogP contribution in [0.5, 0.6) is 0 Å². The summed E-state index contributed by atoms with van der Waals surface area (Å²) >= 11 is 1.03. The maximum absolute atomic E-state index is 11.8. The molecule has 0 bridgehead atoms. The van der Waals surface area contributed by atoms with Gasteiger partial charge in [-0.15, -0.1) is 11.3 Å². The summed E-state index contributed by atoms with van der Waals surface area (Å²) in [7, 11) is -3.74. The van der Waals surface area contributed by atoms with Crippen LogP contribution < -0.4 is 10.0 Å². The number of thiophene rings is 1. The highest BCUT2D eigenvalue weighted by Gasteiger charge is 2.18. The molecule has 0 saturated carbocycles.